The molecule has 0 saturated heterocycles. The number of aromatic nitrogens is 4. The Bertz CT molecular complexity index is 1170. The van der Waals surface area contributed by atoms with Crippen LogP contribution in [-0.4, -0.2) is 40.0 Å². The van der Waals surface area contributed by atoms with E-state index >= 15 is 0 Å². The van der Waals surface area contributed by atoms with Crippen molar-refractivity contribution in [1.82, 2.24) is 24.1 Å². The molecule has 0 radical (unpaired) electrons. The molecule has 0 spiro atoms. The lowest BCUT2D eigenvalue weighted by atomic mass is 10.3. The third kappa shape index (κ3) is 2.66. The van der Waals surface area contributed by atoms with Crippen LogP contribution in [0.2, 0.25) is 0 Å². The summed E-state index contributed by atoms with van der Waals surface area (Å²) in [5.74, 6) is 0. The van der Waals surface area contributed by atoms with Crippen molar-refractivity contribution in [2.24, 2.45) is 7.05 Å². The topological polar surface area (TPSA) is 98.9 Å². The second kappa shape index (κ2) is 5.69. The van der Waals surface area contributed by atoms with Gasteiger partial charge in [-0.05, 0) is 38.0 Å². The number of benzene rings is 1. The first kappa shape index (κ1) is 17.3. The highest BCUT2D eigenvalue weighted by molar-refractivity contribution is 7.89. The molecule has 1 N–H and O–H groups in total. The fourth-order valence-electron chi connectivity index (χ4n) is 2.81. The fraction of sp³-hybridized carbons (Fsp3) is 0.400. The molecule has 1 aliphatic carbocycles. The number of nitrogens with zero attached hydrogens (tertiary/aromatic N) is 4. The van der Waals surface area contributed by atoms with E-state index < -0.39 is 22.2 Å². The number of rotatable bonds is 5. The molecule has 3 aromatic rings. The van der Waals surface area contributed by atoms with E-state index in [-0.39, 0.29) is 10.6 Å². The fourth-order valence-corrected chi connectivity index (χ4v) is 4.96. The first-order valence-corrected chi connectivity index (χ1v) is 10.2. The van der Waals surface area contributed by atoms with E-state index in [0.717, 1.165) is 0 Å². The molecule has 1 saturated carbocycles. The van der Waals surface area contributed by atoms with Gasteiger partial charge in [-0.25, -0.2) is 26.9 Å². The SMILES string of the molecule is Cc1nnc(-n2c(=O)n(C)c3ccc(S(=O)(=O)NC4(CF)CC4)cc32)s1. The van der Waals surface area contributed by atoms with Crippen LogP contribution >= 0.6 is 11.3 Å². The Morgan fingerprint density at radius 1 is 1.31 bits per heavy atom. The van der Waals surface area contributed by atoms with Gasteiger partial charge < -0.3 is 0 Å². The minimum atomic E-state index is -3.90. The first-order chi connectivity index (χ1) is 12.3. The maximum absolute atomic E-state index is 13.1. The number of hydrogen-bond donors (Lipinski definition) is 1. The monoisotopic (exact) mass is 397 g/mol. The molecular formula is C15H16FN5O3S2. The van der Waals surface area contributed by atoms with Gasteiger partial charge in [0.25, 0.3) is 0 Å². The zero-order valence-electron chi connectivity index (χ0n) is 14.1. The van der Waals surface area contributed by atoms with Gasteiger partial charge in [-0.1, -0.05) is 11.3 Å². The molecule has 138 valence electrons. The quantitative estimate of drug-likeness (QED) is 0.699. The van der Waals surface area contributed by atoms with Crippen molar-refractivity contribution in [1.29, 1.82) is 0 Å². The molecule has 0 amide bonds. The van der Waals surface area contributed by atoms with Crippen molar-refractivity contribution in [3.8, 4) is 5.13 Å². The lowest BCUT2D eigenvalue weighted by Crippen LogP contribution is -2.38. The molecule has 8 nitrogen and oxygen atoms in total. The van der Waals surface area contributed by atoms with Crippen molar-refractivity contribution in [2.45, 2.75) is 30.2 Å². The van der Waals surface area contributed by atoms with Gasteiger partial charge >= 0.3 is 5.69 Å². The zero-order chi connectivity index (χ0) is 18.7. The van der Waals surface area contributed by atoms with Crippen LogP contribution in [0, 0.1) is 6.92 Å². The number of aryl methyl sites for hydroxylation is 2. The molecule has 1 aliphatic rings. The number of alkyl halides is 1. The van der Waals surface area contributed by atoms with Crippen LogP contribution < -0.4 is 10.4 Å². The molecule has 2 aromatic heterocycles. The van der Waals surface area contributed by atoms with E-state index in [2.05, 4.69) is 14.9 Å². The van der Waals surface area contributed by atoms with E-state index in [0.29, 0.717) is 34.0 Å². The molecular weight excluding hydrogens is 381 g/mol. The molecule has 11 heteroatoms. The number of halogens is 1. The van der Waals surface area contributed by atoms with Crippen molar-refractivity contribution >= 4 is 32.4 Å². The summed E-state index contributed by atoms with van der Waals surface area (Å²) >= 11 is 1.23. The molecule has 2 heterocycles. The Balaban J connectivity index is 1.88. The minimum absolute atomic E-state index is 0.0229. The smallest absolute Gasteiger partial charge is 0.295 e. The van der Waals surface area contributed by atoms with Crippen LogP contribution in [0.3, 0.4) is 0 Å². The van der Waals surface area contributed by atoms with Crippen molar-refractivity contribution in [2.75, 3.05) is 6.67 Å². The molecule has 0 bridgehead atoms. The largest absolute Gasteiger partial charge is 0.335 e. The minimum Gasteiger partial charge on any atom is -0.295 e. The van der Waals surface area contributed by atoms with Crippen molar-refractivity contribution < 1.29 is 12.8 Å². The van der Waals surface area contributed by atoms with Crippen LogP contribution in [0.15, 0.2) is 27.9 Å². The Morgan fingerprint density at radius 2 is 2.04 bits per heavy atom. The Morgan fingerprint density at radius 3 is 2.62 bits per heavy atom. The lowest BCUT2D eigenvalue weighted by Gasteiger charge is -2.13. The molecule has 26 heavy (non-hydrogen) atoms. The van der Waals surface area contributed by atoms with Gasteiger partial charge in [0.1, 0.15) is 11.7 Å². The van der Waals surface area contributed by atoms with Crippen molar-refractivity contribution in [3.05, 3.63) is 33.7 Å². The van der Waals surface area contributed by atoms with Gasteiger partial charge in [0.15, 0.2) is 0 Å². The number of nitrogens with one attached hydrogen (secondary N) is 1. The third-order valence-corrected chi connectivity index (χ3v) is 6.90. The first-order valence-electron chi connectivity index (χ1n) is 7.88. The molecule has 4 rings (SSSR count). The summed E-state index contributed by atoms with van der Waals surface area (Å²) in [6.45, 7) is 1.03. The van der Waals surface area contributed by atoms with Gasteiger partial charge in [-0.2, -0.15) is 0 Å². The van der Waals surface area contributed by atoms with E-state index in [9.17, 15) is 17.6 Å². The van der Waals surface area contributed by atoms with Gasteiger partial charge in [0.05, 0.1) is 21.5 Å². The summed E-state index contributed by atoms with van der Waals surface area (Å²) in [7, 11) is -2.30. The average Bonchev–Trinajstić information content (AvgIpc) is 3.17. The highest BCUT2D eigenvalue weighted by atomic mass is 32.2. The number of sulfonamides is 1. The molecule has 1 aromatic carbocycles. The van der Waals surface area contributed by atoms with Crippen LogP contribution in [0.1, 0.15) is 17.8 Å². The highest BCUT2D eigenvalue weighted by Crippen LogP contribution is 2.37. The summed E-state index contributed by atoms with van der Waals surface area (Å²) in [4.78, 5) is 12.6. The highest BCUT2D eigenvalue weighted by Gasteiger charge is 2.46. The summed E-state index contributed by atoms with van der Waals surface area (Å²) < 4.78 is 43.5. The molecule has 0 unspecified atom stereocenters. The summed E-state index contributed by atoms with van der Waals surface area (Å²) in [6.07, 6.45) is 0.955. The van der Waals surface area contributed by atoms with Crippen LogP contribution in [0.25, 0.3) is 16.2 Å². The van der Waals surface area contributed by atoms with Gasteiger partial charge in [-0.3, -0.25) is 4.57 Å². The van der Waals surface area contributed by atoms with Gasteiger partial charge in [0, 0.05) is 7.05 Å². The molecule has 0 atom stereocenters. The Labute approximate surface area is 152 Å². The lowest BCUT2D eigenvalue weighted by molar-refractivity contribution is 0.393. The predicted octanol–water partition coefficient (Wildman–Crippen LogP) is 1.27. The third-order valence-electron chi connectivity index (χ3n) is 4.50. The van der Waals surface area contributed by atoms with E-state index in [4.69, 9.17) is 0 Å². The van der Waals surface area contributed by atoms with Crippen LogP contribution in [0.5, 0.6) is 0 Å². The average molecular weight is 397 g/mol. The summed E-state index contributed by atoms with van der Waals surface area (Å²) in [6, 6.07) is 4.38. The van der Waals surface area contributed by atoms with Gasteiger partial charge in [0.2, 0.25) is 15.2 Å². The standard InChI is InChI=1S/C15H16FN5O3S2/c1-9-17-18-13(25-9)21-12-7-10(3-4-11(12)20(2)14(21)22)26(23,24)19-15(8-16)5-6-15/h3-4,7,19H,5-6,8H2,1-2H3. The maximum Gasteiger partial charge on any atom is 0.335 e. The zero-order valence-corrected chi connectivity index (χ0v) is 15.7. The Hall–Kier alpha value is -2.11. The van der Waals surface area contributed by atoms with E-state index in [1.165, 1.54) is 32.6 Å². The summed E-state index contributed by atoms with van der Waals surface area (Å²) in [5.41, 5.74) is -0.364. The van der Waals surface area contributed by atoms with Crippen LogP contribution in [-0.2, 0) is 17.1 Å². The number of fused-ring (bicyclic) bond motifs is 1. The maximum atomic E-state index is 13.1. The molecule has 1 fully saturated rings. The van der Waals surface area contributed by atoms with E-state index in [1.807, 2.05) is 0 Å². The number of hydrogen-bond acceptors (Lipinski definition) is 6. The van der Waals surface area contributed by atoms with Crippen LogP contribution in [0.4, 0.5) is 4.39 Å². The van der Waals surface area contributed by atoms with E-state index in [1.54, 1.807) is 20.0 Å². The van der Waals surface area contributed by atoms with Crippen molar-refractivity contribution in [3.63, 3.8) is 0 Å². The second-order valence-corrected chi connectivity index (χ2v) is 9.29. The second-order valence-electron chi connectivity index (χ2n) is 6.45. The molecule has 0 aliphatic heterocycles. The number of imidazole rings is 1. The normalized spacial score (nSPS) is 16.3. The summed E-state index contributed by atoms with van der Waals surface area (Å²) in [5, 5.41) is 8.96. The Kier molecular flexibility index (Phi) is 3.79. The van der Waals surface area contributed by atoms with Gasteiger partial charge in [-0.15, -0.1) is 10.2 Å². The predicted molar refractivity (Wildman–Crippen MR) is 95.0 cm³/mol.